The Morgan fingerprint density at radius 2 is 1.90 bits per heavy atom. The zero-order valence-electron chi connectivity index (χ0n) is 12.6. The summed E-state index contributed by atoms with van der Waals surface area (Å²) in [6.45, 7) is 0. The van der Waals surface area contributed by atoms with Gasteiger partial charge in [0.15, 0.2) is 0 Å². The number of methoxy groups -OCH3 is 1. The third kappa shape index (κ3) is 3.35. The lowest BCUT2D eigenvalue weighted by Crippen LogP contribution is -2.27. The molecule has 0 amide bonds. The van der Waals surface area contributed by atoms with Crippen LogP contribution in [0.1, 0.15) is 17.5 Å². The Labute approximate surface area is 130 Å². The number of anilines is 1. The number of benzene rings is 2. The molecule has 0 spiro atoms. The summed E-state index contributed by atoms with van der Waals surface area (Å²) in [5.41, 5.74) is 4.09. The molecule has 2 nitrogen and oxygen atoms in total. The third-order valence-corrected chi connectivity index (χ3v) is 4.85. The van der Waals surface area contributed by atoms with Crippen molar-refractivity contribution in [3.8, 4) is 5.75 Å². The van der Waals surface area contributed by atoms with E-state index in [0.717, 1.165) is 18.6 Å². The molecule has 0 aliphatic heterocycles. The van der Waals surface area contributed by atoms with Crippen molar-refractivity contribution in [2.24, 2.45) is 0 Å². The number of fused-ring (bicyclic) bond motifs is 1. The molecule has 1 N–H and O–H groups in total. The summed E-state index contributed by atoms with van der Waals surface area (Å²) in [5, 5.41) is 3.66. The Morgan fingerprint density at radius 1 is 1.10 bits per heavy atom. The second-order valence-electron chi connectivity index (χ2n) is 5.45. The van der Waals surface area contributed by atoms with Crippen LogP contribution in [-0.4, -0.2) is 19.4 Å². The van der Waals surface area contributed by atoms with Crippen LogP contribution in [0.5, 0.6) is 5.75 Å². The Bertz CT molecular complexity index is 609. The fourth-order valence-electron chi connectivity index (χ4n) is 2.91. The topological polar surface area (TPSA) is 21.3 Å². The minimum Gasteiger partial charge on any atom is -0.497 e. The fourth-order valence-corrected chi connectivity index (χ4v) is 3.31. The minimum atomic E-state index is 0.504. The first-order chi connectivity index (χ1) is 10.3. The van der Waals surface area contributed by atoms with E-state index in [1.165, 1.54) is 28.1 Å². The molecule has 0 heterocycles. The maximum Gasteiger partial charge on any atom is 0.119 e. The van der Waals surface area contributed by atoms with Crippen molar-refractivity contribution in [1.29, 1.82) is 0 Å². The summed E-state index contributed by atoms with van der Waals surface area (Å²) in [6, 6.07) is 15.6. The van der Waals surface area contributed by atoms with E-state index in [0.29, 0.717) is 6.04 Å². The first-order valence-corrected chi connectivity index (χ1v) is 8.57. The van der Waals surface area contributed by atoms with Crippen molar-refractivity contribution in [3.05, 3.63) is 53.6 Å². The van der Waals surface area contributed by atoms with Gasteiger partial charge < -0.3 is 10.1 Å². The number of nitrogens with one attached hydrogen (secondary N) is 1. The van der Waals surface area contributed by atoms with Crippen LogP contribution in [0.3, 0.4) is 0 Å². The zero-order chi connectivity index (χ0) is 14.7. The van der Waals surface area contributed by atoms with Crippen molar-refractivity contribution >= 4 is 17.4 Å². The van der Waals surface area contributed by atoms with Crippen LogP contribution >= 0.6 is 11.8 Å². The molecule has 2 aromatic carbocycles. The van der Waals surface area contributed by atoms with Crippen molar-refractivity contribution < 1.29 is 4.74 Å². The molecule has 0 fully saturated rings. The number of ether oxygens (including phenoxy) is 1. The maximum atomic E-state index is 5.34. The van der Waals surface area contributed by atoms with Crippen LogP contribution in [0.4, 0.5) is 5.69 Å². The van der Waals surface area contributed by atoms with Gasteiger partial charge in [-0.25, -0.2) is 0 Å². The van der Waals surface area contributed by atoms with E-state index in [-0.39, 0.29) is 0 Å². The molecule has 1 unspecified atom stereocenters. The first-order valence-electron chi connectivity index (χ1n) is 7.35. The monoisotopic (exact) mass is 299 g/mol. The van der Waals surface area contributed by atoms with E-state index in [4.69, 9.17) is 4.74 Å². The SMILES string of the molecule is COc1ccc2c(c1)CC(Nc1ccc(SC)cc1)CC2. The van der Waals surface area contributed by atoms with Gasteiger partial charge in [0.1, 0.15) is 5.75 Å². The molecule has 0 aromatic heterocycles. The first kappa shape index (κ1) is 14.3. The highest BCUT2D eigenvalue weighted by Gasteiger charge is 2.18. The molecule has 21 heavy (non-hydrogen) atoms. The summed E-state index contributed by atoms with van der Waals surface area (Å²) in [5.74, 6) is 0.957. The van der Waals surface area contributed by atoms with Gasteiger partial charge in [-0.1, -0.05) is 6.07 Å². The van der Waals surface area contributed by atoms with E-state index in [1.54, 1.807) is 18.9 Å². The molecule has 3 heteroatoms. The Balaban J connectivity index is 1.70. The molecule has 1 aliphatic carbocycles. The van der Waals surface area contributed by atoms with Crippen molar-refractivity contribution in [2.45, 2.75) is 30.2 Å². The van der Waals surface area contributed by atoms with Gasteiger partial charge in [0.05, 0.1) is 7.11 Å². The van der Waals surface area contributed by atoms with Crippen molar-refractivity contribution in [3.63, 3.8) is 0 Å². The van der Waals surface area contributed by atoms with Gasteiger partial charge in [-0.3, -0.25) is 0 Å². The van der Waals surface area contributed by atoms with Gasteiger partial charge in [-0.15, -0.1) is 11.8 Å². The van der Waals surface area contributed by atoms with Gasteiger partial charge in [0, 0.05) is 16.6 Å². The molecule has 0 saturated heterocycles. The molecule has 0 radical (unpaired) electrons. The maximum absolute atomic E-state index is 5.34. The van der Waals surface area contributed by atoms with Gasteiger partial charge >= 0.3 is 0 Å². The predicted octanol–water partition coefficient (Wildman–Crippen LogP) is 4.39. The molecule has 3 rings (SSSR count). The molecule has 110 valence electrons. The van der Waals surface area contributed by atoms with Gasteiger partial charge in [-0.2, -0.15) is 0 Å². The average molecular weight is 299 g/mol. The second-order valence-corrected chi connectivity index (χ2v) is 6.33. The fraction of sp³-hybridized carbons (Fsp3) is 0.333. The largest absolute Gasteiger partial charge is 0.497 e. The van der Waals surface area contributed by atoms with Gasteiger partial charge in [-0.05, 0) is 73.0 Å². The number of hydrogen-bond donors (Lipinski definition) is 1. The van der Waals surface area contributed by atoms with Crippen LogP contribution in [0, 0.1) is 0 Å². The lowest BCUT2D eigenvalue weighted by molar-refractivity contribution is 0.413. The lowest BCUT2D eigenvalue weighted by Gasteiger charge is -2.26. The minimum absolute atomic E-state index is 0.504. The smallest absolute Gasteiger partial charge is 0.119 e. The molecule has 0 saturated carbocycles. The van der Waals surface area contributed by atoms with Crippen LogP contribution in [0.25, 0.3) is 0 Å². The number of thioether (sulfide) groups is 1. The Morgan fingerprint density at radius 3 is 2.62 bits per heavy atom. The van der Waals surface area contributed by atoms with E-state index in [9.17, 15) is 0 Å². The van der Waals surface area contributed by atoms with Crippen LogP contribution in [0.15, 0.2) is 47.4 Å². The summed E-state index contributed by atoms with van der Waals surface area (Å²) in [6.07, 6.45) is 5.49. The summed E-state index contributed by atoms with van der Waals surface area (Å²) in [7, 11) is 1.73. The highest BCUT2D eigenvalue weighted by Crippen LogP contribution is 2.27. The molecular weight excluding hydrogens is 278 g/mol. The van der Waals surface area contributed by atoms with E-state index in [1.807, 2.05) is 0 Å². The number of aryl methyl sites for hydroxylation is 1. The highest BCUT2D eigenvalue weighted by atomic mass is 32.2. The summed E-state index contributed by atoms with van der Waals surface area (Å²) >= 11 is 1.78. The normalized spacial score (nSPS) is 17.1. The third-order valence-electron chi connectivity index (χ3n) is 4.10. The van der Waals surface area contributed by atoms with Gasteiger partial charge in [0.25, 0.3) is 0 Å². The van der Waals surface area contributed by atoms with Crippen molar-refractivity contribution in [2.75, 3.05) is 18.7 Å². The second kappa shape index (κ2) is 6.44. The standard InChI is InChI=1S/C18H21NOS/c1-20-17-8-4-13-3-5-16(11-14(13)12-17)19-15-6-9-18(21-2)10-7-15/h4,6-10,12,16,19H,3,5,11H2,1-2H3. The quantitative estimate of drug-likeness (QED) is 0.846. The molecule has 0 bridgehead atoms. The summed E-state index contributed by atoms with van der Waals surface area (Å²) in [4.78, 5) is 1.30. The lowest BCUT2D eigenvalue weighted by atomic mass is 9.88. The predicted molar refractivity (Wildman–Crippen MR) is 90.7 cm³/mol. The Hall–Kier alpha value is -1.61. The average Bonchev–Trinajstić information content (AvgIpc) is 2.55. The zero-order valence-corrected chi connectivity index (χ0v) is 13.4. The van der Waals surface area contributed by atoms with Crippen LogP contribution in [-0.2, 0) is 12.8 Å². The van der Waals surface area contributed by atoms with Crippen LogP contribution < -0.4 is 10.1 Å². The van der Waals surface area contributed by atoms with E-state index in [2.05, 4.69) is 54.0 Å². The van der Waals surface area contributed by atoms with Crippen molar-refractivity contribution in [1.82, 2.24) is 0 Å². The number of hydrogen-bond acceptors (Lipinski definition) is 3. The molecule has 1 aliphatic rings. The van der Waals surface area contributed by atoms with E-state index >= 15 is 0 Å². The van der Waals surface area contributed by atoms with Gasteiger partial charge in [0.2, 0.25) is 0 Å². The van der Waals surface area contributed by atoms with E-state index < -0.39 is 0 Å². The Kier molecular flexibility index (Phi) is 4.39. The molecular formula is C18H21NOS. The molecule has 1 atom stereocenters. The molecule has 2 aromatic rings. The number of rotatable bonds is 4. The highest BCUT2D eigenvalue weighted by molar-refractivity contribution is 7.98. The van der Waals surface area contributed by atoms with Crippen LogP contribution in [0.2, 0.25) is 0 Å². The summed E-state index contributed by atoms with van der Waals surface area (Å²) < 4.78 is 5.34.